The monoisotopic (exact) mass is 336 g/mol. The second-order valence-electron chi connectivity index (χ2n) is 6.67. The second-order valence-corrected chi connectivity index (χ2v) is 7.61. The van der Waals surface area contributed by atoms with Crippen molar-refractivity contribution in [1.82, 2.24) is 4.90 Å². The first-order chi connectivity index (χ1) is 11.2. The normalized spacial score (nSPS) is 16.3. The summed E-state index contributed by atoms with van der Waals surface area (Å²) in [6, 6.07) is 5.55. The highest BCUT2D eigenvalue weighted by Crippen LogP contribution is 2.22. The minimum absolute atomic E-state index is 0.417. The molecule has 2 rings (SSSR count). The van der Waals surface area contributed by atoms with Crippen molar-refractivity contribution < 1.29 is 8.76 Å². The van der Waals surface area contributed by atoms with Crippen LogP contribution in [0.4, 0.5) is 0 Å². The zero-order valence-electron chi connectivity index (χ0n) is 14.4. The lowest BCUT2D eigenvalue weighted by Gasteiger charge is -2.29. The van der Waals surface area contributed by atoms with Gasteiger partial charge in [-0.1, -0.05) is 57.9 Å². The van der Waals surface area contributed by atoms with Crippen LogP contribution >= 0.6 is 0 Å². The molecular formula is C19H30NO2S-. The Morgan fingerprint density at radius 3 is 2.43 bits per heavy atom. The molecule has 1 atom stereocenters. The van der Waals surface area contributed by atoms with Gasteiger partial charge >= 0.3 is 0 Å². The number of hydrogen-bond acceptors (Lipinski definition) is 3. The van der Waals surface area contributed by atoms with E-state index in [1.807, 2.05) is 12.1 Å². The van der Waals surface area contributed by atoms with Crippen molar-refractivity contribution in [2.75, 3.05) is 13.1 Å². The Kier molecular flexibility index (Phi) is 8.27. The first kappa shape index (κ1) is 18.6. The third-order valence-electron chi connectivity index (χ3n) is 4.79. The fourth-order valence-electron chi connectivity index (χ4n) is 3.35. The molecule has 1 aliphatic heterocycles. The van der Waals surface area contributed by atoms with Gasteiger partial charge in [0.2, 0.25) is 0 Å². The van der Waals surface area contributed by atoms with Crippen LogP contribution in [0, 0.1) is 0 Å². The van der Waals surface area contributed by atoms with Crippen molar-refractivity contribution in [1.29, 1.82) is 0 Å². The van der Waals surface area contributed by atoms with Crippen molar-refractivity contribution in [2.24, 2.45) is 0 Å². The largest absolute Gasteiger partial charge is 0.768 e. The van der Waals surface area contributed by atoms with Crippen molar-refractivity contribution in [2.45, 2.75) is 76.2 Å². The van der Waals surface area contributed by atoms with E-state index in [4.69, 9.17) is 0 Å². The van der Waals surface area contributed by atoms with Crippen molar-refractivity contribution in [3.8, 4) is 0 Å². The fraction of sp³-hybridized carbons (Fsp3) is 0.684. The minimum atomic E-state index is -2.11. The number of hydrogen-bond donors (Lipinski definition) is 0. The molecule has 0 aromatic heterocycles. The highest BCUT2D eigenvalue weighted by Gasteiger charge is 2.16. The molecular weight excluding hydrogens is 306 g/mol. The molecule has 0 spiro atoms. The molecule has 0 aliphatic carbocycles. The lowest BCUT2D eigenvalue weighted by atomic mass is 9.99. The van der Waals surface area contributed by atoms with E-state index in [1.54, 1.807) is 6.07 Å². The number of rotatable bonds is 10. The van der Waals surface area contributed by atoms with Gasteiger partial charge in [-0.05, 0) is 53.7 Å². The molecule has 0 N–H and O–H groups in total. The van der Waals surface area contributed by atoms with E-state index < -0.39 is 11.1 Å². The molecule has 0 saturated carbocycles. The van der Waals surface area contributed by atoms with Crippen LogP contribution in [0.5, 0.6) is 0 Å². The van der Waals surface area contributed by atoms with Crippen molar-refractivity contribution in [3.63, 3.8) is 0 Å². The van der Waals surface area contributed by atoms with E-state index in [9.17, 15) is 8.76 Å². The van der Waals surface area contributed by atoms with Gasteiger partial charge in [-0.2, -0.15) is 0 Å². The molecule has 0 bridgehead atoms. The average molecular weight is 337 g/mol. The van der Waals surface area contributed by atoms with E-state index in [-0.39, 0.29) is 0 Å². The van der Waals surface area contributed by atoms with Crippen LogP contribution in [-0.2, 0) is 24.0 Å². The Morgan fingerprint density at radius 1 is 1.04 bits per heavy atom. The Hall–Kier alpha value is -0.710. The lowest BCUT2D eigenvalue weighted by Crippen LogP contribution is -2.31. The van der Waals surface area contributed by atoms with Gasteiger partial charge < -0.3 is 4.55 Å². The summed E-state index contributed by atoms with van der Waals surface area (Å²) in [6.07, 6.45) is 11.8. The zero-order chi connectivity index (χ0) is 16.5. The molecule has 4 heteroatoms. The van der Waals surface area contributed by atoms with Crippen molar-refractivity contribution >= 4 is 11.1 Å². The maximum absolute atomic E-state index is 11.0. The van der Waals surface area contributed by atoms with Gasteiger partial charge in [0.1, 0.15) is 0 Å². The van der Waals surface area contributed by atoms with E-state index in [2.05, 4.69) is 11.8 Å². The zero-order valence-corrected chi connectivity index (χ0v) is 15.2. The molecule has 1 unspecified atom stereocenters. The number of unbranched alkanes of at least 4 members (excludes halogenated alkanes) is 7. The standard InChI is InChI=1S/C19H31NO2S/c1-2-3-4-5-6-7-8-9-13-20-14-12-17-15-19(23(21)22)11-10-18(17)16-20/h10-11,15H,2-9,12-14,16H2,1H3,(H,21,22)/p-1. The average Bonchev–Trinajstić information content (AvgIpc) is 2.56. The maximum atomic E-state index is 11.0. The van der Waals surface area contributed by atoms with E-state index >= 15 is 0 Å². The Morgan fingerprint density at radius 2 is 1.74 bits per heavy atom. The molecule has 0 fully saturated rings. The van der Waals surface area contributed by atoms with Crippen LogP contribution < -0.4 is 0 Å². The lowest BCUT2D eigenvalue weighted by molar-refractivity contribution is 0.247. The molecule has 23 heavy (non-hydrogen) atoms. The summed E-state index contributed by atoms with van der Waals surface area (Å²) in [6.45, 7) is 5.46. The third kappa shape index (κ3) is 6.36. The van der Waals surface area contributed by atoms with Gasteiger partial charge in [-0.25, -0.2) is 0 Å². The second kappa shape index (κ2) is 10.2. The van der Waals surface area contributed by atoms with Crippen LogP contribution in [-0.4, -0.2) is 26.8 Å². The smallest absolute Gasteiger partial charge is 0.0251 e. The number of fused-ring (bicyclic) bond motifs is 1. The summed E-state index contributed by atoms with van der Waals surface area (Å²) in [5.74, 6) is 0. The quantitative estimate of drug-likeness (QED) is 0.469. The first-order valence-corrected chi connectivity index (χ1v) is 10.2. The highest BCUT2D eigenvalue weighted by atomic mass is 32.2. The van der Waals surface area contributed by atoms with E-state index in [0.717, 1.165) is 19.5 Å². The Bertz CT molecular complexity index is 504. The number of benzene rings is 1. The fourth-order valence-corrected chi connectivity index (χ4v) is 3.77. The molecule has 0 amide bonds. The molecule has 1 heterocycles. The van der Waals surface area contributed by atoms with Crippen LogP contribution in [0.1, 0.15) is 69.4 Å². The Balaban J connectivity index is 1.64. The van der Waals surface area contributed by atoms with E-state index in [1.165, 1.54) is 69.0 Å². The first-order valence-electron chi connectivity index (χ1n) is 9.14. The topological polar surface area (TPSA) is 43.4 Å². The summed E-state index contributed by atoms with van der Waals surface area (Å²) in [7, 11) is 0. The van der Waals surface area contributed by atoms with Gasteiger partial charge in [0.15, 0.2) is 0 Å². The maximum Gasteiger partial charge on any atom is 0.0251 e. The molecule has 3 nitrogen and oxygen atoms in total. The molecule has 0 radical (unpaired) electrons. The van der Waals surface area contributed by atoms with Gasteiger partial charge in [0.25, 0.3) is 0 Å². The summed E-state index contributed by atoms with van der Waals surface area (Å²) in [5.41, 5.74) is 2.50. The minimum Gasteiger partial charge on any atom is -0.768 e. The highest BCUT2D eigenvalue weighted by molar-refractivity contribution is 7.79. The van der Waals surface area contributed by atoms with Crippen LogP contribution in [0.15, 0.2) is 23.1 Å². The predicted molar refractivity (Wildman–Crippen MR) is 95.2 cm³/mol. The van der Waals surface area contributed by atoms with Gasteiger partial charge in [-0.3, -0.25) is 9.11 Å². The third-order valence-corrected chi connectivity index (χ3v) is 5.43. The summed E-state index contributed by atoms with van der Waals surface area (Å²) in [4.78, 5) is 2.92. The Labute approximate surface area is 143 Å². The molecule has 130 valence electrons. The number of nitrogens with zero attached hydrogens (tertiary/aromatic N) is 1. The predicted octanol–water partition coefficient (Wildman–Crippen LogP) is 4.42. The molecule has 1 aliphatic rings. The van der Waals surface area contributed by atoms with Gasteiger partial charge in [-0.15, -0.1) is 0 Å². The van der Waals surface area contributed by atoms with E-state index in [0.29, 0.717) is 4.90 Å². The summed E-state index contributed by atoms with van der Waals surface area (Å²) < 4.78 is 22.1. The van der Waals surface area contributed by atoms with Crippen LogP contribution in [0.3, 0.4) is 0 Å². The molecule has 1 aromatic carbocycles. The van der Waals surface area contributed by atoms with Crippen LogP contribution in [0.25, 0.3) is 0 Å². The molecule has 0 saturated heterocycles. The van der Waals surface area contributed by atoms with Crippen molar-refractivity contribution in [3.05, 3.63) is 29.3 Å². The van der Waals surface area contributed by atoms with Crippen LogP contribution in [0.2, 0.25) is 0 Å². The SMILES string of the molecule is CCCCCCCCCCN1CCc2cc(S(=O)[O-])ccc2C1. The van der Waals surface area contributed by atoms with Gasteiger partial charge in [0, 0.05) is 18.0 Å². The summed E-state index contributed by atoms with van der Waals surface area (Å²) in [5, 5.41) is 0. The molecule has 1 aromatic rings. The van der Waals surface area contributed by atoms with Gasteiger partial charge in [0.05, 0.1) is 0 Å². The summed E-state index contributed by atoms with van der Waals surface area (Å²) >= 11 is -2.11.